The van der Waals surface area contributed by atoms with E-state index >= 15 is 0 Å². The minimum Gasteiger partial charge on any atom is -0.457 e. The third-order valence-corrected chi connectivity index (χ3v) is 3.88. The fourth-order valence-electron chi connectivity index (χ4n) is 1.98. The van der Waals surface area contributed by atoms with Crippen molar-refractivity contribution in [2.45, 2.75) is 27.7 Å². The zero-order valence-electron chi connectivity index (χ0n) is 16.4. The normalized spacial score (nSPS) is 24.1. The van der Waals surface area contributed by atoms with Crippen LogP contribution in [0.5, 0.6) is 0 Å². The average molecular weight is 392 g/mol. The number of hydrogen-bond donors (Lipinski definition) is 0. The molecule has 1 heterocycles. The van der Waals surface area contributed by atoms with Crippen molar-refractivity contribution in [2.24, 2.45) is 0 Å². The maximum Gasteiger partial charge on any atom is 0.337 e. The van der Waals surface area contributed by atoms with Gasteiger partial charge in [-0.3, -0.25) is 0 Å². The molecule has 28 heavy (non-hydrogen) atoms. The molecule has 0 atom stereocenters. The number of esters is 4. The van der Waals surface area contributed by atoms with Gasteiger partial charge in [0.25, 0.3) is 0 Å². The highest BCUT2D eigenvalue weighted by atomic mass is 16.6. The number of ether oxygens (including phenoxy) is 4. The van der Waals surface area contributed by atoms with Crippen LogP contribution in [-0.2, 0) is 38.1 Å². The van der Waals surface area contributed by atoms with Crippen LogP contribution in [0.3, 0.4) is 0 Å². The molecule has 0 radical (unpaired) electrons. The van der Waals surface area contributed by atoms with E-state index in [1.807, 2.05) is 0 Å². The maximum atomic E-state index is 12.2. The summed E-state index contributed by atoms with van der Waals surface area (Å²) in [5, 5.41) is 0. The van der Waals surface area contributed by atoms with E-state index in [1.54, 1.807) is 27.7 Å². The summed E-state index contributed by atoms with van der Waals surface area (Å²) in [4.78, 5) is 48.6. The molecule has 0 N–H and O–H groups in total. The molecule has 1 aliphatic heterocycles. The molecule has 0 unspecified atom stereocenters. The van der Waals surface area contributed by atoms with E-state index < -0.39 is 23.9 Å². The fraction of sp³-hybridized carbons (Fsp3) is 0.400. The molecule has 1 saturated heterocycles. The van der Waals surface area contributed by atoms with Crippen molar-refractivity contribution in [3.8, 4) is 0 Å². The lowest BCUT2D eigenvalue weighted by molar-refractivity contribution is -0.144. The van der Waals surface area contributed by atoms with E-state index in [0.29, 0.717) is 0 Å². The Kier molecular flexibility index (Phi) is 9.42. The summed E-state index contributed by atoms with van der Waals surface area (Å²) in [5.41, 5.74) is 0.418. The number of allylic oxidation sites excluding steroid dienone is 4. The molecule has 0 aliphatic carbocycles. The Hall–Kier alpha value is -3.16. The van der Waals surface area contributed by atoms with E-state index in [2.05, 4.69) is 0 Å². The highest BCUT2D eigenvalue weighted by Gasteiger charge is 2.21. The van der Waals surface area contributed by atoms with Gasteiger partial charge in [0.05, 0.1) is 22.3 Å². The van der Waals surface area contributed by atoms with Crippen molar-refractivity contribution in [2.75, 3.05) is 26.4 Å². The summed E-state index contributed by atoms with van der Waals surface area (Å²) < 4.78 is 20.4. The second-order valence-electron chi connectivity index (χ2n) is 5.56. The molecule has 0 amide bonds. The zero-order chi connectivity index (χ0) is 21.1. The van der Waals surface area contributed by atoms with E-state index in [-0.39, 0.29) is 48.7 Å². The molecule has 8 heteroatoms. The maximum absolute atomic E-state index is 12.2. The summed E-state index contributed by atoms with van der Waals surface area (Å²) in [6, 6.07) is 0. The lowest BCUT2D eigenvalue weighted by Crippen LogP contribution is -2.23. The first-order chi connectivity index (χ1) is 13.4. The third-order valence-electron chi connectivity index (χ3n) is 3.88. The molecule has 1 aliphatic rings. The second-order valence-corrected chi connectivity index (χ2v) is 5.56. The zero-order valence-corrected chi connectivity index (χ0v) is 16.4. The first kappa shape index (κ1) is 22.9. The molecular weight excluding hydrogens is 368 g/mol. The van der Waals surface area contributed by atoms with Gasteiger partial charge in [0.2, 0.25) is 0 Å². The molecule has 0 aromatic heterocycles. The summed E-state index contributed by atoms with van der Waals surface area (Å²) in [5.74, 6) is -2.90. The molecular formula is C20H24O8. The van der Waals surface area contributed by atoms with Gasteiger partial charge in [0.1, 0.15) is 26.4 Å². The van der Waals surface area contributed by atoms with Crippen LogP contribution in [0.2, 0.25) is 0 Å². The number of cyclic esters (lactones) is 4. The number of hydrogen-bond acceptors (Lipinski definition) is 8. The topological polar surface area (TPSA) is 105 Å². The minimum absolute atomic E-state index is 0.105. The van der Waals surface area contributed by atoms with Gasteiger partial charge in [-0.1, -0.05) is 24.3 Å². The van der Waals surface area contributed by atoms with E-state index in [9.17, 15) is 19.2 Å². The summed E-state index contributed by atoms with van der Waals surface area (Å²) in [6.45, 7) is 5.05. The number of carbonyl (C=O) groups is 4. The van der Waals surface area contributed by atoms with E-state index in [0.717, 1.165) is 0 Å². The first-order valence-electron chi connectivity index (χ1n) is 8.67. The van der Waals surface area contributed by atoms with Crippen LogP contribution in [0.25, 0.3) is 0 Å². The fourth-order valence-corrected chi connectivity index (χ4v) is 1.98. The van der Waals surface area contributed by atoms with Gasteiger partial charge in [0, 0.05) is 0 Å². The average Bonchev–Trinajstić information content (AvgIpc) is 2.69. The molecule has 8 nitrogen and oxygen atoms in total. The highest BCUT2D eigenvalue weighted by Crippen LogP contribution is 2.10. The second kappa shape index (κ2) is 11.5. The first-order valence-corrected chi connectivity index (χ1v) is 8.67. The van der Waals surface area contributed by atoms with Crippen LogP contribution in [0.1, 0.15) is 27.7 Å². The quantitative estimate of drug-likeness (QED) is 0.350. The predicted octanol–water partition coefficient (Wildman–Crippen LogP) is 1.96. The van der Waals surface area contributed by atoms with Crippen LogP contribution >= 0.6 is 0 Å². The van der Waals surface area contributed by atoms with E-state index in [1.165, 1.54) is 24.3 Å². The summed E-state index contributed by atoms with van der Waals surface area (Å²) >= 11 is 0. The van der Waals surface area contributed by atoms with Crippen LogP contribution in [-0.4, -0.2) is 50.3 Å². The Morgan fingerprint density at radius 2 is 0.643 bits per heavy atom. The summed E-state index contributed by atoms with van der Waals surface area (Å²) in [6.07, 6.45) is 5.78. The number of rotatable bonds is 0. The van der Waals surface area contributed by atoms with Crippen molar-refractivity contribution in [3.05, 3.63) is 46.6 Å². The summed E-state index contributed by atoms with van der Waals surface area (Å²) in [7, 11) is 0. The lowest BCUT2D eigenvalue weighted by Gasteiger charge is -2.14. The van der Waals surface area contributed by atoms with Crippen molar-refractivity contribution in [1.82, 2.24) is 0 Å². The molecule has 152 valence electrons. The smallest absolute Gasteiger partial charge is 0.337 e. The molecule has 0 saturated carbocycles. The molecule has 0 spiro atoms. The van der Waals surface area contributed by atoms with Gasteiger partial charge in [-0.2, -0.15) is 0 Å². The Morgan fingerprint density at radius 3 is 0.786 bits per heavy atom. The standard InChI is InChI=1S/C20H24O8/c1-5-13-9-25-18(22)15(7-3)11-27-20(24)16(8-4)12-28-19(23)14(6-2)10-26-17(13)21/h5-8H,9-12H2,1-4H3/b13-5+,14-6+,15-7+,16-8+. The molecule has 0 aromatic carbocycles. The molecule has 1 rings (SSSR count). The van der Waals surface area contributed by atoms with Crippen molar-refractivity contribution >= 4 is 23.9 Å². The third kappa shape index (κ3) is 6.53. The van der Waals surface area contributed by atoms with Crippen molar-refractivity contribution < 1.29 is 38.1 Å². The van der Waals surface area contributed by atoms with Gasteiger partial charge < -0.3 is 18.9 Å². The molecule has 0 aromatic rings. The van der Waals surface area contributed by atoms with E-state index in [4.69, 9.17) is 18.9 Å². The van der Waals surface area contributed by atoms with Crippen LogP contribution in [0, 0.1) is 0 Å². The Morgan fingerprint density at radius 1 is 0.464 bits per heavy atom. The highest BCUT2D eigenvalue weighted by molar-refractivity contribution is 5.94. The molecule has 0 bridgehead atoms. The number of carbonyl (C=O) groups excluding carboxylic acids is 4. The minimum atomic E-state index is -0.725. The largest absolute Gasteiger partial charge is 0.457 e. The Balaban J connectivity index is 3.09. The van der Waals surface area contributed by atoms with Crippen LogP contribution in [0.15, 0.2) is 46.6 Å². The van der Waals surface area contributed by atoms with Crippen LogP contribution < -0.4 is 0 Å². The van der Waals surface area contributed by atoms with Crippen molar-refractivity contribution in [3.63, 3.8) is 0 Å². The lowest BCUT2D eigenvalue weighted by atomic mass is 10.2. The predicted molar refractivity (Wildman–Crippen MR) is 98.9 cm³/mol. The van der Waals surface area contributed by atoms with Gasteiger partial charge in [-0.25, -0.2) is 19.2 Å². The van der Waals surface area contributed by atoms with Crippen LogP contribution in [0.4, 0.5) is 0 Å². The molecule has 1 fully saturated rings. The van der Waals surface area contributed by atoms with Crippen molar-refractivity contribution in [1.29, 1.82) is 0 Å². The SMILES string of the molecule is C/C=C1\COC(=O)/C(=C/C)COC(=O)/C(=C/C)COC(=O)/C(=C/C)COC1=O. The van der Waals surface area contributed by atoms with Gasteiger partial charge in [0.15, 0.2) is 0 Å². The Labute approximate surface area is 163 Å². The Bertz CT molecular complexity index is 624. The van der Waals surface area contributed by atoms with Gasteiger partial charge in [-0.15, -0.1) is 0 Å². The monoisotopic (exact) mass is 392 g/mol. The van der Waals surface area contributed by atoms with Gasteiger partial charge >= 0.3 is 23.9 Å². The van der Waals surface area contributed by atoms with Gasteiger partial charge in [-0.05, 0) is 27.7 Å².